The summed E-state index contributed by atoms with van der Waals surface area (Å²) in [5, 5.41) is 20.0. The van der Waals surface area contributed by atoms with E-state index in [1.54, 1.807) is 36.7 Å². The van der Waals surface area contributed by atoms with E-state index in [0.29, 0.717) is 17.7 Å². The molecule has 0 saturated carbocycles. The van der Waals surface area contributed by atoms with Crippen molar-refractivity contribution in [2.45, 2.75) is 26.8 Å². The Balaban J connectivity index is 1.94. The fraction of sp³-hybridized carbons (Fsp3) is 0.200. The van der Waals surface area contributed by atoms with E-state index in [1.165, 1.54) is 16.7 Å². The molecule has 3 aromatic carbocycles. The van der Waals surface area contributed by atoms with Crippen LogP contribution in [0.4, 0.5) is 0 Å². The number of benzene rings is 3. The van der Waals surface area contributed by atoms with E-state index in [-0.39, 0.29) is 17.5 Å². The number of para-hydroxylation sites is 2. The van der Waals surface area contributed by atoms with E-state index in [9.17, 15) is 10.2 Å². The largest absolute Gasteiger partial charge is 0.507 e. The molecule has 0 radical (unpaired) electrons. The normalized spacial score (nSPS) is 12.7. The highest BCUT2D eigenvalue weighted by Crippen LogP contribution is 2.27. The van der Waals surface area contributed by atoms with Crippen molar-refractivity contribution >= 4 is 12.4 Å². The summed E-state index contributed by atoms with van der Waals surface area (Å²) in [5.41, 5.74) is 6.03. The Morgan fingerprint density at radius 3 is 1.86 bits per heavy atom. The van der Waals surface area contributed by atoms with Crippen LogP contribution < -0.4 is 0 Å². The summed E-state index contributed by atoms with van der Waals surface area (Å²) in [7, 11) is 0. The molecule has 1 unspecified atom stereocenters. The first kappa shape index (κ1) is 20.3. The maximum Gasteiger partial charge on any atom is 0.124 e. The van der Waals surface area contributed by atoms with Crippen LogP contribution >= 0.6 is 0 Å². The molecule has 0 fully saturated rings. The molecule has 29 heavy (non-hydrogen) atoms. The zero-order chi connectivity index (χ0) is 20.8. The van der Waals surface area contributed by atoms with E-state index < -0.39 is 0 Å². The van der Waals surface area contributed by atoms with E-state index >= 15 is 0 Å². The van der Waals surface area contributed by atoms with Crippen LogP contribution in [0.15, 0.2) is 70.6 Å². The van der Waals surface area contributed by atoms with Crippen LogP contribution in [0.25, 0.3) is 0 Å². The molecule has 148 valence electrons. The van der Waals surface area contributed by atoms with Gasteiger partial charge < -0.3 is 10.2 Å². The molecule has 0 saturated heterocycles. The SMILES string of the molecule is Cc1cc(C)c(C(CN=Cc2ccccc2O)N=Cc2ccccc2O)c(C)c1. The van der Waals surface area contributed by atoms with Crippen molar-refractivity contribution in [1.82, 2.24) is 0 Å². The van der Waals surface area contributed by atoms with Crippen molar-refractivity contribution in [3.05, 3.63) is 94.0 Å². The highest BCUT2D eigenvalue weighted by Gasteiger charge is 2.15. The van der Waals surface area contributed by atoms with Crippen LogP contribution in [0.1, 0.15) is 39.4 Å². The molecule has 0 aliphatic carbocycles. The summed E-state index contributed by atoms with van der Waals surface area (Å²) < 4.78 is 0. The summed E-state index contributed by atoms with van der Waals surface area (Å²) in [5.74, 6) is 0.401. The van der Waals surface area contributed by atoms with Crippen LogP contribution in [0, 0.1) is 20.8 Å². The van der Waals surface area contributed by atoms with Crippen molar-refractivity contribution in [3.63, 3.8) is 0 Å². The number of phenols is 2. The molecule has 3 aromatic rings. The molecule has 0 heterocycles. The lowest BCUT2D eigenvalue weighted by Crippen LogP contribution is -2.07. The number of aromatic hydroxyl groups is 2. The zero-order valence-electron chi connectivity index (χ0n) is 17.0. The lowest BCUT2D eigenvalue weighted by molar-refractivity contribution is 0.474. The number of phenolic OH excluding ortho intramolecular Hbond substituents is 2. The number of aryl methyl sites for hydroxylation is 3. The maximum atomic E-state index is 10.0. The fourth-order valence-electron chi connectivity index (χ4n) is 3.54. The average Bonchev–Trinajstić information content (AvgIpc) is 2.67. The standard InChI is InChI=1S/C25H26N2O2/c1-17-12-18(2)25(19(3)13-17)22(27-15-21-9-5-7-11-24(21)29)16-26-14-20-8-4-6-10-23(20)28/h4-15,22,28-29H,16H2,1-3H3. The fourth-order valence-corrected chi connectivity index (χ4v) is 3.54. The van der Waals surface area contributed by atoms with Gasteiger partial charge >= 0.3 is 0 Å². The minimum Gasteiger partial charge on any atom is -0.507 e. The molecule has 4 heteroatoms. The molecule has 0 amide bonds. The van der Waals surface area contributed by atoms with Crippen LogP contribution in [0.3, 0.4) is 0 Å². The molecule has 0 bridgehead atoms. The number of nitrogens with zero attached hydrogens (tertiary/aromatic N) is 2. The molecular weight excluding hydrogens is 360 g/mol. The Morgan fingerprint density at radius 2 is 1.31 bits per heavy atom. The second kappa shape index (κ2) is 9.20. The van der Waals surface area contributed by atoms with Crippen molar-refractivity contribution in [2.75, 3.05) is 6.54 Å². The Labute approximate surface area is 171 Å². The maximum absolute atomic E-state index is 10.0. The van der Waals surface area contributed by atoms with Gasteiger partial charge in [0.15, 0.2) is 0 Å². The summed E-state index contributed by atoms with van der Waals surface area (Å²) in [6.45, 7) is 6.69. The Bertz CT molecular complexity index is 1030. The third-order valence-electron chi connectivity index (χ3n) is 4.85. The first-order valence-electron chi connectivity index (χ1n) is 9.62. The molecule has 3 rings (SSSR count). The minimum atomic E-state index is -0.197. The van der Waals surface area contributed by atoms with Crippen molar-refractivity contribution < 1.29 is 10.2 Å². The van der Waals surface area contributed by atoms with Gasteiger partial charge in [0.1, 0.15) is 11.5 Å². The molecule has 1 atom stereocenters. The van der Waals surface area contributed by atoms with Gasteiger partial charge in [0.2, 0.25) is 0 Å². The Hall–Kier alpha value is -3.40. The molecule has 0 spiro atoms. The first-order valence-corrected chi connectivity index (χ1v) is 9.62. The van der Waals surface area contributed by atoms with Gasteiger partial charge in [-0.1, -0.05) is 42.0 Å². The summed E-state index contributed by atoms with van der Waals surface area (Å²) >= 11 is 0. The van der Waals surface area contributed by atoms with Crippen LogP contribution in [0.2, 0.25) is 0 Å². The molecule has 0 aliphatic heterocycles. The Morgan fingerprint density at radius 1 is 0.793 bits per heavy atom. The topological polar surface area (TPSA) is 65.2 Å². The van der Waals surface area contributed by atoms with Gasteiger partial charge in [-0.05, 0) is 61.7 Å². The summed E-state index contributed by atoms with van der Waals surface area (Å²) in [6.07, 6.45) is 3.38. The third-order valence-corrected chi connectivity index (χ3v) is 4.85. The van der Waals surface area contributed by atoms with Crippen molar-refractivity contribution in [3.8, 4) is 11.5 Å². The second-order valence-electron chi connectivity index (χ2n) is 7.22. The van der Waals surface area contributed by atoms with Crippen molar-refractivity contribution in [1.29, 1.82) is 0 Å². The third kappa shape index (κ3) is 5.11. The highest BCUT2D eigenvalue weighted by molar-refractivity contribution is 5.84. The number of hydrogen-bond acceptors (Lipinski definition) is 4. The molecule has 4 nitrogen and oxygen atoms in total. The van der Waals surface area contributed by atoms with Gasteiger partial charge in [0, 0.05) is 23.6 Å². The lowest BCUT2D eigenvalue weighted by Gasteiger charge is -2.17. The average molecular weight is 386 g/mol. The Kier molecular flexibility index (Phi) is 6.45. The summed E-state index contributed by atoms with van der Waals surface area (Å²) in [6, 6.07) is 18.3. The first-order chi connectivity index (χ1) is 14.0. The number of aliphatic imine (C=N–C) groups is 2. The number of rotatable bonds is 6. The van der Waals surface area contributed by atoms with Crippen LogP contribution in [0.5, 0.6) is 11.5 Å². The number of hydrogen-bond donors (Lipinski definition) is 2. The molecule has 0 aliphatic rings. The van der Waals surface area contributed by atoms with E-state index in [1.807, 2.05) is 24.3 Å². The van der Waals surface area contributed by atoms with E-state index in [2.05, 4.69) is 37.9 Å². The van der Waals surface area contributed by atoms with Gasteiger partial charge in [-0.3, -0.25) is 9.98 Å². The smallest absolute Gasteiger partial charge is 0.124 e. The monoisotopic (exact) mass is 386 g/mol. The van der Waals surface area contributed by atoms with Crippen LogP contribution in [-0.2, 0) is 0 Å². The second-order valence-corrected chi connectivity index (χ2v) is 7.22. The van der Waals surface area contributed by atoms with Gasteiger partial charge in [0.25, 0.3) is 0 Å². The molecule has 0 aromatic heterocycles. The zero-order valence-corrected chi connectivity index (χ0v) is 17.0. The molecular formula is C25H26N2O2. The van der Waals surface area contributed by atoms with E-state index in [0.717, 1.165) is 5.56 Å². The quantitative estimate of drug-likeness (QED) is 0.564. The highest BCUT2D eigenvalue weighted by atomic mass is 16.3. The van der Waals surface area contributed by atoms with Crippen molar-refractivity contribution in [2.24, 2.45) is 9.98 Å². The summed E-state index contributed by atoms with van der Waals surface area (Å²) in [4.78, 5) is 9.33. The van der Waals surface area contributed by atoms with Gasteiger partial charge in [-0.2, -0.15) is 0 Å². The van der Waals surface area contributed by atoms with Gasteiger partial charge in [0.05, 0.1) is 12.6 Å². The van der Waals surface area contributed by atoms with Gasteiger partial charge in [-0.25, -0.2) is 0 Å². The molecule has 2 N–H and O–H groups in total. The predicted octanol–water partition coefficient (Wildman–Crippen LogP) is 5.30. The minimum absolute atomic E-state index is 0.197. The van der Waals surface area contributed by atoms with Crippen LogP contribution in [-0.4, -0.2) is 29.2 Å². The van der Waals surface area contributed by atoms with E-state index in [4.69, 9.17) is 4.99 Å². The predicted molar refractivity (Wildman–Crippen MR) is 120 cm³/mol. The van der Waals surface area contributed by atoms with Gasteiger partial charge in [-0.15, -0.1) is 0 Å². The lowest BCUT2D eigenvalue weighted by atomic mass is 9.94.